The lowest BCUT2D eigenvalue weighted by molar-refractivity contribution is 0.0161. The molecule has 31 heavy (non-hydrogen) atoms. The third-order valence-corrected chi connectivity index (χ3v) is 12.7. The normalized spacial score (nSPS) is 50.2. The van der Waals surface area contributed by atoms with E-state index >= 15 is 0 Å². The molecule has 5 aliphatic carbocycles. The van der Waals surface area contributed by atoms with Gasteiger partial charge in [-0.05, 0) is 116 Å². The molecule has 1 N–H and O–H groups in total. The first kappa shape index (κ1) is 22.2. The lowest BCUT2D eigenvalue weighted by atomic mass is 9.50. The average Bonchev–Trinajstić information content (AvgIpc) is 2.83. The van der Waals surface area contributed by atoms with Crippen molar-refractivity contribution in [2.24, 2.45) is 57.7 Å². The number of hydrogen-bond donors (Lipinski definition) is 1. The lowest BCUT2D eigenvalue weighted by Crippen LogP contribution is -2.46. The molecule has 9 unspecified atom stereocenters. The fourth-order valence-electron chi connectivity index (χ4n) is 10.5. The molecular formula is C30H48O. The maximum atomic E-state index is 10.3. The van der Waals surface area contributed by atoms with Gasteiger partial charge in [0, 0.05) is 0 Å². The molecule has 174 valence electrons. The van der Waals surface area contributed by atoms with Gasteiger partial charge in [-0.25, -0.2) is 0 Å². The van der Waals surface area contributed by atoms with Gasteiger partial charge in [0.05, 0.1) is 6.10 Å². The molecule has 0 amide bonds. The standard InChI is InChI=1S/C30H48O/c1-17(2)30(8)27-24-14-13-22-21-12-10-20(31)16-19(21)9-11-23(22)25(24)15-18(3)26(27)28(4,5)29(30,6)7/h18-22,24,26-27,31H,1,9-16H2,2-8H3. The predicted molar refractivity (Wildman–Crippen MR) is 131 cm³/mol. The molecule has 0 aliphatic heterocycles. The summed E-state index contributed by atoms with van der Waals surface area (Å²) in [5.41, 5.74) is 6.02. The number of aliphatic hydroxyl groups is 1. The van der Waals surface area contributed by atoms with E-state index < -0.39 is 0 Å². The third-order valence-electron chi connectivity index (χ3n) is 12.7. The quantitative estimate of drug-likeness (QED) is 0.426. The average molecular weight is 425 g/mol. The largest absolute Gasteiger partial charge is 0.393 e. The summed E-state index contributed by atoms with van der Waals surface area (Å²) in [6.07, 6.45) is 10.2. The van der Waals surface area contributed by atoms with Crippen molar-refractivity contribution in [2.45, 2.75) is 106 Å². The van der Waals surface area contributed by atoms with Crippen LogP contribution in [0.2, 0.25) is 0 Å². The fourth-order valence-corrected chi connectivity index (χ4v) is 10.5. The van der Waals surface area contributed by atoms with Crippen molar-refractivity contribution in [3.63, 3.8) is 0 Å². The van der Waals surface area contributed by atoms with Gasteiger partial charge in [0.15, 0.2) is 0 Å². The van der Waals surface area contributed by atoms with Crippen molar-refractivity contribution in [3.8, 4) is 0 Å². The molecule has 1 heteroatoms. The molecule has 0 radical (unpaired) electrons. The highest BCUT2D eigenvalue weighted by Crippen LogP contribution is 2.76. The molecule has 0 aromatic rings. The van der Waals surface area contributed by atoms with Crippen molar-refractivity contribution in [3.05, 3.63) is 23.3 Å². The SMILES string of the molecule is C=C(C)C1(C)C2C3CCC4C(=C3CC(C)C2C(C)(C)C1(C)C)CCC1CC(O)CCC14. The summed E-state index contributed by atoms with van der Waals surface area (Å²) in [6, 6.07) is 0. The molecule has 5 aliphatic rings. The van der Waals surface area contributed by atoms with Gasteiger partial charge in [-0.2, -0.15) is 0 Å². The summed E-state index contributed by atoms with van der Waals surface area (Å²) < 4.78 is 0. The van der Waals surface area contributed by atoms with E-state index in [2.05, 4.69) is 55.0 Å². The van der Waals surface area contributed by atoms with Crippen molar-refractivity contribution >= 4 is 0 Å². The summed E-state index contributed by atoms with van der Waals surface area (Å²) in [5, 5.41) is 10.3. The van der Waals surface area contributed by atoms with Crippen LogP contribution < -0.4 is 0 Å². The minimum Gasteiger partial charge on any atom is -0.393 e. The molecule has 0 saturated heterocycles. The highest BCUT2D eigenvalue weighted by Gasteiger charge is 2.70. The van der Waals surface area contributed by atoms with Crippen molar-refractivity contribution in [1.82, 2.24) is 0 Å². The second-order valence-corrected chi connectivity index (χ2v) is 13.8. The first-order valence-corrected chi connectivity index (χ1v) is 13.5. The van der Waals surface area contributed by atoms with Gasteiger partial charge in [-0.3, -0.25) is 0 Å². The van der Waals surface area contributed by atoms with Gasteiger partial charge in [0.25, 0.3) is 0 Å². The molecule has 0 bridgehead atoms. The van der Waals surface area contributed by atoms with Crippen molar-refractivity contribution < 1.29 is 5.11 Å². The number of fused-ring (bicyclic) bond motifs is 6. The maximum absolute atomic E-state index is 10.3. The Labute approximate surface area is 192 Å². The molecule has 4 saturated carbocycles. The van der Waals surface area contributed by atoms with Crippen LogP contribution in [0.5, 0.6) is 0 Å². The molecule has 1 nitrogen and oxygen atoms in total. The summed E-state index contributed by atoms with van der Waals surface area (Å²) in [4.78, 5) is 0. The Bertz CT molecular complexity index is 799. The fraction of sp³-hybridized carbons (Fsp3) is 0.867. The summed E-state index contributed by atoms with van der Waals surface area (Å²) >= 11 is 0. The summed E-state index contributed by atoms with van der Waals surface area (Å²) in [5.74, 6) is 5.56. The lowest BCUT2D eigenvalue weighted by Gasteiger charge is -2.55. The van der Waals surface area contributed by atoms with Gasteiger partial charge < -0.3 is 5.11 Å². The molecule has 0 heterocycles. The Kier molecular flexibility index (Phi) is 5.00. The highest BCUT2D eigenvalue weighted by atomic mass is 16.3. The van der Waals surface area contributed by atoms with Crippen LogP contribution >= 0.6 is 0 Å². The topological polar surface area (TPSA) is 20.2 Å². The molecule has 5 rings (SSSR count). The van der Waals surface area contributed by atoms with Gasteiger partial charge in [-0.15, -0.1) is 0 Å². The van der Waals surface area contributed by atoms with Crippen LogP contribution in [-0.4, -0.2) is 11.2 Å². The van der Waals surface area contributed by atoms with E-state index in [0.29, 0.717) is 5.41 Å². The molecular weight excluding hydrogens is 376 g/mol. The van der Waals surface area contributed by atoms with E-state index in [9.17, 15) is 5.11 Å². The van der Waals surface area contributed by atoms with Gasteiger partial charge >= 0.3 is 0 Å². The first-order chi connectivity index (χ1) is 14.4. The van der Waals surface area contributed by atoms with E-state index in [4.69, 9.17) is 0 Å². The van der Waals surface area contributed by atoms with E-state index in [1.165, 1.54) is 44.1 Å². The minimum atomic E-state index is -0.0264. The monoisotopic (exact) mass is 424 g/mol. The molecule has 0 aromatic heterocycles. The highest BCUT2D eigenvalue weighted by molar-refractivity contribution is 5.35. The smallest absolute Gasteiger partial charge is 0.0543 e. The Morgan fingerprint density at radius 1 is 0.903 bits per heavy atom. The molecule has 0 spiro atoms. The van der Waals surface area contributed by atoms with Gasteiger partial charge in [0.2, 0.25) is 0 Å². The number of allylic oxidation sites excluding steroid dienone is 3. The number of hydrogen-bond acceptors (Lipinski definition) is 1. The van der Waals surface area contributed by atoms with Gasteiger partial charge in [-0.1, -0.05) is 64.8 Å². The summed E-state index contributed by atoms with van der Waals surface area (Å²) in [6.45, 7) is 22.4. The number of aliphatic hydroxyl groups excluding tert-OH is 1. The predicted octanol–water partition coefficient (Wildman–Crippen LogP) is 7.80. The number of rotatable bonds is 1. The first-order valence-electron chi connectivity index (χ1n) is 13.5. The Morgan fingerprint density at radius 3 is 2.26 bits per heavy atom. The zero-order valence-electron chi connectivity index (χ0n) is 21.4. The van der Waals surface area contributed by atoms with Crippen LogP contribution in [0.3, 0.4) is 0 Å². The van der Waals surface area contributed by atoms with Crippen LogP contribution in [0, 0.1) is 57.7 Å². The molecule has 9 atom stereocenters. The summed E-state index contributed by atoms with van der Waals surface area (Å²) in [7, 11) is 0. The Hall–Kier alpha value is -0.560. The van der Waals surface area contributed by atoms with Gasteiger partial charge in [0.1, 0.15) is 0 Å². The van der Waals surface area contributed by atoms with Crippen LogP contribution in [-0.2, 0) is 0 Å². The van der Waals surface area contributed by atoms with E-state index in [1.54, 1.807) is 0 Å². The second kappa shape index (κ2) is 6.97. The van der Waals surface area contributed by atoms with Crippen LogP contribution in [0.1, 0.15) is 99.8 Å². The van der Waals surface area contributed by atoms with Crippen molar-refractivity contribution in [1.29, 1.82) is 0 Å². The van der Waals surface area contributed by atoms with E-state index in [0.717, 1.165) is 54.3 Å². The maximum Gasteiger partial charge on any atom is 0.0543 e. The van der Waals surface area contributed by atoms with E-state index in [1.807, 2.05) is 11.1 Å². The van der Waals surface area contributed by atoms with E-state index in [-0.39, 0.29) is 16.9 Å². The third kappa shape index (κ3) is 2.71. The molecule has 4 fully saturated rings. The van der Waals surface area contributed by atoms with Crippen LogP contribution in [0.4, 0.5) is 0 Å². The molecule has 0 aromatic carbocycles. The zero-order valence-corrected chi connectivity index (χ0v) is 21.4. The minimum absolute atomic E-state index is 0.0264. The van der Waals surface area contributed by atoms with Crippen LogP contribution in [0.25, 0.3) is 0 Å². The second-order valence-electron chi connectivity index (χ2n) is 13.8. The van der Waals surface area contributed by atoms with Crippen molar-refractivity contribution in [2.75, 3.05) is 0 Å². The van der Waals surface area contributed by atoms with Crippen LogP contribution in [0.15, 0.2) is 23.3 Å². The zero-order chi connectivity index (χ0) is 22.5. The Balaban J connectivity index is 1.58. The Morgan fingerprint density at radius 2 is 1.58 bits per heavy atom.